The van der Waals surface area contributed by atoms with Crippen LogP contribution in [-0.4, -0.2) is 11.5 Å². The molecule has 0 fully saturated rings. The maximum Gasteiger partial charge on any atom is 0.573 e. The van der Waals surface area contributed by atoms with Crippen molar-refractivity contribution in [3.8, 4) is 17.6 Å². The number of nitrogens with zero attached hydrogens (tertiary/aromatic N) is 1. The SMILES string of the molecule is N#Cc1cc(Br)c(O)c([C@H](N)c2ccc(OC(F)(F)F)cc2)c1. The molecule has 0 unspecified atom stereocenters. The molecular weight excluding hydrogens is 377 g/mol. The molecule has 0 aromatic heterocycles. The third kappa shape index (κ3) is 4.15. The van der Waals surface area contributed by atoms with E-state index in [0.29, 0.717) is 10.0 Å². The van der Waals surface area contributed by atoms with Gasteiger partial charge < -0.3 is 15.6 Å². The summed E-state index contributed by atoms with van der Waals surface area (Å²) < 4.78 is 40.5. The van der Waals surface area contributed by atoms with E-state index >= 15 is 0 Å². The zero-order chi connectivity index (χ0) is 17.2. The van der Waals surface area contributed by atoms with Gasteiger partial charge in [0.15, 0.2) is 0 Å². The molecule has 1 atom stereocenters. The molecule has 2 rings (SSSR count). The topological polar surface area (TPSA) is 79.3 Å². The fourth-order valence-electron chi connectivity index (χ4n) is 1.98. The number of aromatic hydroxyl groups is 1. The van der Waals surface area contributed by atoms with Crippen molar-refractivity contribution in [3.05, 3.63) is 57.6 Å². The Labute approximate surface area is 138 Å². The number of benzene rings is 2. The molecule has 0 aliphatic rings. The number of hydrogen-bond acceptors (Lipinski definition) is 4. The van der Waals surface area contributed by atoms with E-state index in [1.165, 1.54) is 24.3 Å². The highest BCUT2D eigenvalue weighted by Crippen LogP contribution is 2.35. The van der Waals surface area contributed by atoms with Crippen molar-refractivity contribution < 1.29 is 23.0 Å². The van der Waals surface area contributed by atoms with Crippen molar-refractivity contribution in [1.82, 2.24) is 0 Å². The van der Waals surface area contributed by atoms with Crippen LogP contribution in [0.2, 0.25) is 0 Å². The summed E-state index contributed by atoms with van der Waals surface area (Å²) in [5.41, 5.74) is 7.06. The third-order valence-electron chi connectivity index (χ3n) is 3.03. The lowest BCUT2D eigenvalue weighted by Gasteiger charge is -2.16. The molecule has 0 spiro atoms. The van der Waals surface area contributed by atoms with E-state index < -0.39 is 12.4 Å². The highest BCUT2D eigenvalue weighted by Gasteiger charge is 2.31. The Morgan fingerprint density at radius 2 is 1.83 bits per heavy atom. The Balaban J connectivity index is 2.33. The Morgan fingerprint density at radius 3 is 2.35 bits per heavy atom. The number of hydrogen-bond donors (Lipinski definition) is 2. The van der Waals surface area contributed by atoms with E-state index in [-0.39, 0.29) is 22.6 Å². The van der Waals surface area contributed by atoms with E-state index in [1.54, 1.807) is 0 Å². The second-order valence-electron chi connectivity index (χ2n) is 4.60. The van der Waals surface area contributed by atoms with Gasteiger partial charge in [0.05, 0.1) is 22.1 Å². The van der Waals surface area contributed by atoms with Crippen molar-refractivity contribution >= 4 is 15.9 Å². The number of ether oxygens (including phenoxy) is 1. The first-order chi connectivity index (χ1) is 10.7. The summed E-state index contributed by atoms with van der Waals surface area (Å²) in [7, 11) is 0. The number of phenolic OH excluding ortho intramolecular Hbond substituents is 1. The fraction of sp³-hybridized carbons (Fsp3) is 0.133. The third-order valence-corrected chi connectivity index (χ3v) is 3.63. The summed E-state index contributed by atoms with van der Waals surface area (Å²) >= 11 is 3.12. The average molecular weight is 387 g/mol. The summed E-state index contributed by atoms with van der Waals surface area (Å²) in [6.45, 7) is 0. The summed E-state index contributed by atoms with van der Waals surface area (Å²) in [5.74, 6) is -0.503. The Kier molecular flexibility index (Phi) is 4.82. The second-order valence-corrected chi connectivity index (χ2v) is 5.46. The van der Waals surface area contributed by atoms with Crippen LogP contribution in [0.5, 0.6) is 11.5 Å². The standard InChI is InChI=1S/C15H10BrF3N2O2/c16-12-6-8(7-20)5-11(14(12)22)13(21)9-1-3-10(4-2-9)23-15(17,18)19/h1-6,13,22H,21H2/t13-/m1/s1. The fourth-order valence-corrected chi connectivity index (χ4v) is 2.45. The molecule has 0 bridgehead atoms. The smallest absolute Gasteiger partial charge is 0.506 e. The molecule has 0 saturated heterocycles. The number of halogens is 4. The van der Waals surface area contributed by atoms with E-state index in [1.807, 2.05) is 6.07 Å². The minimum Gasteiger partial charge on any atom is -0.506 e. The van der Waals surface area contributed by atoms with Crippen LogP contribution < -0.4 is 10.5 Å². The molecule has 2 aromatic carbocycles. The van der Waals surface area contributed by atoms with Crippen LogP contribution in [0.4, 0.5) is 13.2 Å². The number of phenols is 1. The summed E-state index contributed by atoms with van der Waals surface area (Å²) in [4.78, 5) is 0. The normalized spacial score (nSPS) is 12.5. The summed E-state index contributed by atoms with van der Waals surface area (Å²) in [6.07, 6.45) is -4.77. The highest BCUT2D eigenvalue weighted by atomic mass is 79.9. The van der Waals surface area contributed by atoms with Gasteiger partial charge in [0.2, 0.25) is 0 Å². The maximum atomic E-state index is 12.1. The van der Waals surface area contributed by atoms with Gasteiger partial charge in [-0.15, -0.1) is 13.2 Å². The number of alkyl halides is 3. The largest absolute Gasteiger partial charge is 0.573 e. The highest BCUT2D eigenvalue weighted by molar-refractivity contribution is 9.10. The average Bonchev–Trinajstić information content (AvgIpc) is 2.48. The van der Waals surface area contributed by atoms with E-state index in [4.69, 9.17) is 11.0 Å². The zero-order valence-electron chi connectivity index (χ0n) is 11.4. The first-order valence-electron chi connectivity index (χ1n) is 6.25. The Morgan fingerprint density at radius 1 is 1.22 bits per heavy atom. The lowest BCUT2D eigenvalue weighted by Crippen LogP contribution is -2.17. The first-order valence-corrected chi connectivity index (χ1v) is 7.04. The van der Waals surface area contributed by atoms with Gasteiger partial charge in [0.25, 0.3) is 0 Å². The van der Waals surface area contributed by atoms with Gasteiger partial charge in [-0.3, -0.25) is 0 Å². The molecule has 4 nitrogen and oxygen atoms in total. The van der Waals surface area contributed by atoms with Crippen LogP contribution in [0.15, 0.2) is 40.9 Å². The number of rotatable bonds is 3. The minimum atomic E-state index is -4.77. The van der Waals surface area contributed by atoms with Gasteiger partial charge in [0, 0.05) is 5.56 Å². The maximum absolute atomic E-state index is 12.1. The molecule has 0 aliphatic heterocycles. The van der Waals surface area contributed by atoms with Crippen molar-refractivity contribution in [2.75, 3.05) is 0 Å². The molecule has 0 amide bonds. The molecule has 0 saturated carbocycles. The van der Waals surface area contributed by atoms with Gasteiger partial charge in [-0.05, 0) is 45.8 Å². The van der Waals surface area contributed by atoms with Gasteiger partial charge in [0.1, 0.15) is 11.5 Å². The van der Waals surface area contributed by atoms with Crippen LogP contribution in [-0.2, 0) is 0 Å². The van der Waals surface area contributed by atoms with Crippen LogP contribution in [0, 0.1) is 11.3 Å². The summed E-state index contributed by atoms with van der Waals surface area (Å²) in [5, 5.41) is 19.0. The first kappa shape index (κ1) is 17.1. The molecule has 8 heteroatoms. The van der Waals surface area contributed by atoms with Crippen LogP contribution >= 0.6 is 15.9 Å². The monoisotopic (exact) mass is 386 g/mol. The Bertz CT molecular complexity index is 755. The van der Waals surface area contributed by atoms with Crippen molar-refractivity contribution in [2.45, 2.75) is 12.4 Å². The molecule has 2 aromatic rings. The number of nitriles is 1. The van der Waals surface area contributed by atoms with Crippen LogP contribution in [0.1, 0.15) is 22.7 Å². The van der Waals surface area contributed by atoms with Crippen LogP contribution in [0.3, 0.4) is 0 Å². The lowest BCUT2D eigenvalue weighted by atomic mass is 9.97. The van der Waals surface area contributed by atoms with E-state index in [0.717, 1.165) is 12.1 Å². The summed E-state index contributed by atoms with van der Waals surface area (Å²) in [6, 6.07) is 8.95. The number of nitrogens with two attached hydrogens (primary N) is 1. The van der Waals surface area contributed by atoms with Crippen molar-refractivity contribution in [2.24, 2.45) is 5.73 Å². The zero-order valence-corrected chi connectivity index (χ0v) is 13.0. The predicted molar refractivity (Wildman–Crippen MR) is 79.7 cm³/mol. The van der Waals surface area contributed by atoms with E-state index in [9.17, 15) is 18.3 Å². The van der Waals surface area contributed by atoms with Gasteiger partial charge in [-0.1, -0.05) is 12.1 Å². The van der Waals surface area contributed by atoms with Gasteiger partial charge in [-0.2, -0.15) is 5.26 Å². The minimum absolute atomic E-state index is 0.132. The van der Waals surface area contributed by atoms with E-state index in [2.05, 4.69) is 20.7 Å². The molecular formula is C15H10BrF3N2O2. The molecule has 3 N–H and O–H groups in total. The molecule has 0 radical (unpaired) electrons. The quantitative estimate of drug-likeness (QED) is 0.836. The van der Waals surface area contributed by atoms with Gasteiger partial charge >= 0.3 is 6.36 Å². The Hall–Kier alpha value is -2.24. The molecule has 23 heavy (non-hydrogen) atoms. The molecule has 0 heterocycles. The van der Waals surface area contributed by atoms with Crippen molar-refractivity contribution in [3.63, 3.8) is 0 Å². The second kappa shape index (κ2) is 6.48. The van der Waals surface area contributed by atoms with Crippen molar-refractivity contribution in [1.29, 1.82) is 5.26 Å². The lowest BCUT2D eigenvalue weighted by molar-refractivity contribution is -0.274. The van der Waals surface area contributed by atoms with Crippen LogP contribution in [0.25, 0.3) is 0 Å². The predicted octanol–water partition coefficient (Wildman–Crippen LogP) is 3.97. The molecule has 120 valence electrons. The molecule has 0 aliphatic carbocycles. The van der Waals surface area contributed by atoms with Gasteiger partial charge in [-0.25, -0.2) is 0 Å².